The molecule has 1 aromatic carbocycles. The first-order valence-electron chi connectivity index (χ1n) is 12.4. The smallest absolute Gasteiger partial charge is 0.328 e. The number of rotatable bonds is 14. The summed E-state index contributed by atoms with van der Waals surface area (Å²) in [6, 6.07) is 7.71. The summed E-state index contributed by atoms with van der Waals surface area (Å²) in [5.74, 6) is -2.79. The van der Waals surface area contributed by atoms with Crippen LogP contribution in [0.5, 0.6) is 0 Å². The number of carbonyl (C=O) groups excluding carboxylic acids is 5. The number of carbonyl (C=O) groups is 5. The second-order valence-corrected chi connectivity index (χ2v) is 9.02. The van der Waals surface area contributed by atoms with Crippen LogP contribution in [0.25, 0.3) is 0 Å². The molecule has 36 heavy (non-hydrogen) atoms. The molecule has 0 heterocycles. The quantitative estimate of drug-likeness (QED) is 0.326. The summed E-state index contributed by atoms with van der Waals surface area (Å²) in [5.41, 5.74) is 1.10. The molecule has 0 bridgehead atoms. The van der Waals surface area contributed by atoms with Crippen LogP contribution in [0.15, 0.2) is 30.3 Å². The molecule has 0 aromatic heterocycles. The fraction of sp³-hybridized carbons (Fsp3) is 0.577. The normalized spacial score (nSPS) is 17.9. The minimum atomic E-state index is -1.07. The van der Waals surface area contributed by atoms with Crippen molar-refractivity contribution >= 4 is 29.7 Å². The minimum absolute atomic E-state index is 0.00218. The molecule has 3 amide bonds. The highest BCUT2D eigenvalue weighted by atomic mass is 16.5. The van der Waals surface area contributed by atoms with Crippen molar-refractivity contribution in [2.45, 2.75) is 65.0 Å². The summed E-state index contributed by atoms with van der Waals surface area (Å²) in [5, 5.41) is 7.85. The lowest BCUT2D eigenvalue weighted by Gasteiger charge is -2.25. The zero-order valence-electron chi connectivity index (χ0n) is 21.4. The Morgan fingerprint density at radius 2 is 1.64 bits per heavy atom. The SMILES string of the molecule is CCOC(=O)CC[C@@H](NC(=O)[C@@H](NC(=O)CNC(=O)[C@@H]1C[C@H]1c1ccccc1)C(C)C)C(=O)OCC. The second kappa shape index (κ2) is 14.2. The summed E-state index contributed by atoms with van der Waals surface area (Å²) >= 11 is 0. The number of hydrogen-bond acceptors (Lipinski definition) is 7. The first-order chi connectivity index (χ1) is 17.2. The third-order valence-electron chi connectivity index (χ3n) is 5.87. The third kappa shape index (κ3) is 8.98. The van der Waals surface area contributed by atoms with E-state index in [2.05, 4.69) is 16.0 Å². The van der Waals surface area contributed by atoms with Gasteiger partial charge in [0.2, 0.25) is 17.7 Å². The van der Waals surface area contributed by atoms with Crippen molar-refractivity contribution in [1.29, 1.82) is 0 Å². The molecule has 1 aliphatic rings. The van der Waals surface area contributed by atoms with Crippen molar-refractivity contribution in [3.05, 3.63) is 35.9 Å². The summed E-state index contributed by atoms with van der Waals surface area (Å²) in [7, 11) is 0. The van der Waals surface area contributed by atoms with Crippen LogP contribution >= 0.6 is 0 Å². The molecule has 0 spiro atoms. The summed E-state index contributed by atoms with van der Waals surface area (Å²) in [6.07, 6.45) is 0.658. The maximum Gasteiger partial charge on any atom is 0.328 e. The third-order valence-corrected chi connectivity index (χ3v) is 5.87. The van der Waals surface area contributed by atoms with Gasteiger partial charge in [0.25, 0.3) is 0 Å². The van der Waals surface area contributed by atoms with Gasteiger partial charge in [-0.3, -0.25) is 19.2 Å². The average molecular weight is 504 g/mol. The van der Waals surface area contributed by atoms with Crippen LogP contribution in [-0.2, 0) is 33.4 Å². The standard InChI is InChI=1S/C26H37N3O7/c1-5-35-22(31)13-12-20(26(34)36-6-2)28-25(33)23(16(3)4)29-21(30)15-27-24(32)19-14-18(19)17-10-8-7-9-11-17/h7-11,16,18-20,23H,5-6,12-15H2,1-4H3,(H,27,32)(H,28,33)(H,29,30)/t18-,19+,20+,23-/m0/s1. The van der Waals surface area contributed by atoms with E-state index >= 15 is 0 Å². The van der Waals surface area contributed by atoms with Crippen molar-refractivity contribution in [1.82, 2.24) is 16.0 Å². The summed E-state index contributed by atoms with van der Waals surface area (Å²) in [4.78, 5) is 61.9. The predicted molar refractivity (Wildman–Crippen MR) is 131 cm³/mol. The number of benzene rings is 1. The monoisotopic (exact) mass is 503 g/mol. The highest BCUT2D eigenvalue weighted by Crippen LogP contribution is 2.47. The number of amides is 3. The van der Waals surface area contributed by atoms with Crippen LogP contribution in [-0.4, -0.2) is 61.5 Å². The molecule has 1 saturated carbocycles. The zero-order valence-corrected chi connectivity index (χ0v) is 21.4. The van der Waals surface area contributed by atoms with Gasteiger partial charge in [-0.05, 0) is 44.1 Å². The lowest BCUT2D eigenvalue weighted by Crippen LogP contribution is -2.55. The lowest BCUT2D eigenvalue weighted by molar-refractivity contribution is -0.149. The maximum absolute atomic E-state index is 12.9. The minimum Gasteiger partial charge on any atom is -0.466 e. The van der Waals surface area contributed by atoms with Gasteiger partial charge >= 0.3 is 11.9 Å². The molecule has 0 unspecified atom stereocenters. The van der Waals surface area contributed by atoms with E-state index in [0.29, 0.717) is 0 Å². The Labute approximate surface area is 211 Å². The molecule has 10 nitrogen and oxygen atoms in total. The van der Waals surface area contributed by atoms with E-state index in [0.717, 1.165) is 12.0 Å². The van der Waals surface area contributed by atoms with Crippen molar-refractivity contribution in [2.24, 2.45) is 11.8 Å². The number of esters is 2. The predicted octanol–water partition coefficient (Wildman–Crippen LogP) is 1.44. The zero-order chi connectivity index (χ0) is 26.7. The van der Waals surface area contributed by atoms with Gasteiger partial charge in [-0.15, -0.1) is 0 Å². The Morgan fingerprint density at radius 3 is 2.25 bits per heavy atom. The van der Waals surface area contributed by atoms with Gasteiger partial charge in [0.05, 0.1) is 19.8 Å². The van der Waals surface area contributed by atoms with Crippen molar-refractivity contribution in [3.63, 3.8) is 0 Å². The van der Waals surface area contributed by atoms with Gasteiger partial charge in [-0.1, -0.05) is 44.2 Å². The summed E-state index contributed by atoms with van der Waals surface area (Å²) < 4.78 is 9.89. The van der Waals surface area contributed by atoms with Crippen LogP contribution in [0.2, 0.25) is 0 Å². The van der Waals surface area contributed by atoms with Crippen molar-refractivity contribution in [3.8, 4) is 0 Å². The first kappa shape index (κ1) is 28.8. The van der Waals surface area contributed by atoms with Gasteiger partial charge in [0.1, 0.15) is 12.1 Å². The molecule has 10 heteroatoms. The van der Waals surface area contributed by atoms with Gasteiger partial charge in [-0.25, -0.2) is 4.79 Å². The van der Waals surface area contributed by atoms with Crippen LogP contribution in [0.1, 0.15) is 58.4 Å². The molecule has 3 N–H and O–H groups in total. The Morgan fingerprint density at radius 1 is 0.972 bits per heavy atom. The van der Waals surface area contributed by atoms with Crippen LogP contribution < -0.4 is 16.0 Å². The Kier molecular flexibility index (Phi) is 11.4. The van der Waals surface area contributed by atoms with E-state index in [4.69, 9.17) is 9.47 Å². The van der Waals surface area contributed by atoms with Crippen LogP contribution in [0.3, 0.4) is 0 Å². The molecular formula is C26H37N3O7. The first-order valence-corrected chi connectivity index (χ1v) is 12.4. The van der Waals surface area contributed by atoms with E-state index < -0.39 is 35.8 Å². The average Bonchev–Trinajstić information content (AvgIpc) is 3.65. The van der Waals surface area contributed by atoms with Crippen LogP contribution in [0, 0.1) is 11.8 Å². The van der Waals surface area contributed by atoms with Gasteiger partial charge in [0, 0.05) is 12.3 Å². The number of nitrogens with one attached hydrogen (secondary N) is 3. The maximum atomic E-state index is 12.9. The highest BCUT2D eigenvalue weighted by molar-refractivity contribution is 5.93. The van der Waals surface area contributed by atoms with E-state index in [1.54, 1.807) is 27.7 Å². The van der Waals surface area contributed by atoms with E-state index in [9.17, 15) is 24.0 Å². The molecule has 198 valence electrons. The Hall–Kier alpha value is -3.43. The Bertz CT molecular complexity index is 919. The molecule has 0 aliphatic heterocycles. The fourth-order valence-electron chi connectivity index (χ4n) is 3.86. The molecule has 2 rings (SSSR count). The molecular weight excluding hydrogens is 466 g/mol. The number of hydrogen-bond donors (Lipinski definition) is 3. The van der Waals surface area contributed by atoms with E-state index in [1.807, 2.05) is 30.3 Å². The van der Waals surface area contributed by atoms with Crippen LogP contribution in [0.4, 0.5) is 0 Å². The topological polar surface area (TPSA) is 140 Å². The van der Waals surface area contributed by atoms with E-state index in [-0.39, 0.29) is 56.3 Å². The largest absolute Gasteiger partial charge is 0.466 e. The van der Waals surface area contributed by atoms with Gasteiger partial charge in [-0.2, -0.15) is 0 Å². The van der Waals surface area contributed by atoms with E-state index in [1.165, 1.54) is 0 Å². The van der Waals surface area contributed by atoms with Crippen molar-refractivity contribution in [2.75, 3.05) is 19.8 Å². The molecule has 0 saturated heterocycles. The molecule has 4 atom stereocenters. The Balaban J connectivity index is 1.88. The molecule has 1 fully saturated rings. The molecule has 0 radical (unpaired) electrons. The number of ether oxygens (including phenoxy) is 2. The molecule has 1 aromatic rings. The van der Waals surface area contributed by atoms with Gasteiger partial charge in [0.15, 0.2) is 0 Å². The van der Waals surface area contributed by atoms with Crippen molar-refractivity contribution < 1.29 is 33.4 Å². The summed E-state index contributed by atoms with van der Waals surface area (Å²) in [6.45, 7) is 6.86. The fourth-order valence-corrected chi connectivity index (χ4v) is 3.86. The highest BCUT2D eigenvalue weighted by Gasteiger charge is 2.43. The van der Waals surface area contributed by atoms with Gasteiger partial charge < -0.3 is 25.4 Å². The second-order valence-electron chi connectivity index (χ2n) is 9.02. The molecule has 1 aliphatic carbocycles. The lowest BCUT2D eigenvalue weighted by atomic mass is 10.0.